The number of rotatable bonds is 7. The van der Waals surface area contributed by atoms with E-state index in [1.807, 2.05) is 24.3 Å². The second-order valence-corrected chi connectivity index (χ2v) is 7.61. The van der Waals surface area contributed by atoms with Crippen LogP contribution in [0.5, 0.6) is 5.75 Å². The van der Waals surface area contributed by atoms with Crippen LogP contribution in [-0.2, 0) is 4.79 Å². The van der Waals surface area contributed by atoms with Gasteiger partial charge in [0, 0.05) is 17.8 Å². The molecule has 4 rings (SSSR count). The summed E-state index contributed by atoms with van der Waals surface area (Å²) in [5.41, 5.74) is 0.105. The normalized spacial score (nSPS) is 12.9. The molecule has 1 saturated carbocycles. The molecular formula is C22H18ClN3O5. The van der Waals surface area contributed by atoms with Gasteiger partial charge in [-0.3, -0.25) is 19.7 Å². The standard InChI is InChI=1S/C22H18ClN3O5/c23-18-8-7-16(11-19(18)26(29)30)25-22(28)17-9-13-3-1-2-4-14(13)10-20(17)31-12-21(27)24-15-5-6-15/h1-4,7-11,15H,5-6,12H2,(H,24,27)(H,25,28). The minimum atomic E-state index is -0.624. The van der Waals surface area contributed by atoms with Gasteiger partial charge in [-0.15, -0.1) is 0 Å². The summed E-state index contributed by atoms with van der Waals surface area (Å²) < 4.78 is 5.67. The highest BCUT2D eigenvalue weighted by molar-refractivity contribution is 6.32. The topological polar surface area (TPSA) is 111 Å². The van der Waals surface area contributed by atoms with E-state index in [1.165, 1.54) is 18.2 Å². The third kappa shape index (κ3) is 4.92. The number of hydrogen-bond donors (Lipinski definition) is 2. The number of ether oxygens (including phenoxy) is 1. The van der Waals surface area contributed by atoms with Gasteiger partial charge in [0.2, 0.25) is 0 Å². The fraction of sp³-hybridized carbons (Fsp3) is 0.182. The summed E-state index contributed by atoms with van der Waals surface area (Å²) in [6, 6.07) is 15.0. The van der Waals surface area contributed by atoms with E-state index < -0.39 is 10.8 Å². The lowest BCUT2D eigenvalue weighted by atomic mass is 10.1. The van der Waals surface area contributed by atoms with Gasteiger partial charge in [-0.25, -0.2) is 0 Å². The summed E-state index contributed by atoms with van der Waals surface area (Å²) in [5, 5.41) is 18.2. The van der Waals surface area contributed by atoms with Gasteiger partial charge < -0.3 is 15.4 Å². The molecule has 31 heavy (non-hydrogen) atoms. The molecule has 0 atom stereocenters. The van der Waals surface area contributed by atoms with E-state index in [-0.39, 0.29) is 46.3 Å². The van der Waals surface area contributed by atoms with Crippen molar-refractivity contribution in [3.05, 3.63) is 75.3 Å². The van der Waals surface area contributed by atoms with Gasteiger partial charge in [0.05, 0.1) is 10.5 Å². The molecule has 0 saturated heterocycles. The highest BCUT2D eigenvalue weighted by Crippen LogP contribution is 2.30. The molecule has 0 bridgehead atoms. The maximum Gasteiger partial charge on any atom is 0.289 e. The first kappa shape index (κ1) is 20.6. The monoisotopic (exact) mass is 439 g/mol. The summed E-state index contributed by atoms with van der Waals surface area (Å²) in [7, 11) is 0. The molecule has 2 amide bonds. The van der Waals surface area contributed by atoms with Crippen molar-refractivity contribution in [2.75, 3.05) is 11.9 Å². The molecule has 0 heterocycles. The Morgan fingerprint density at radius 1 is 1.10 bits per heavy atom. The van der Waals surface area contributed by atoms with Gasteiger partial charge in [0.1, 0.15) is 10.8 Å². The molecule has 0 aromatic heterocycles. The van der Waals surface area contributed by atoms with E-state index in [1.54, 1.807) is 12.1 Å². The molecule has 0 spiro atoms. The molecule has 3 aromatic rings. The predicted octanol–water partition coefficient (Wildman–Crippen LogP) is 4.31. The van der Waals surface area contributed by atoms with Crippen molar-refractivity contribution in [3.8, 4) is 5.75 Å². The SMILES string of the molecule is O=C(COc1cc2ccccc2cc1C(=O)Nc1ccc(Cl)c([N+](=O)[O-])c1)NC1CC1. The zero-order chi connectivity index (χ0) is 22.0. The van der Waals surface area contributed by atoms with Crippen molar-refractivity contribution >= 4 is 45.6 Å². The largest absolute Gasteiger partial charge is 0.483 e. The van der Waals surface area contributed by atoms with Crippen LogP contribution in [0.15, 0.2) is 54.6 Å². The van der Waals surface area contributed by atoms with Crippen LogP contribution < -0.4 is 15.4 Å². The van der Waals surface area contributed by atoms with Crippen LogP contribution in [0.25, 0.3) is 10.8 Å². The van der Waals surface area contributed by atoms with Crippen LogP contribution in [0, 0.1) is 10.1 Å². The Morgan fingerprint density at radius 3 is 2.48 bits per heavy atom. The fourth-order valence-corrected chi connectivity index (χ4v) is 3.27. The first-order valence-electron chi connectivity index (χ1n) is 9.61. The summed E-state index contributed by atoms with van der Waals surface area (Å²) in [6.45, 7) is -0.221. The molecule has 3 aromatic carbocycles. The molecule has 1 aliphatic rings. The zero-order valence-electron chi connectivity index (χ0n) is 16.3. The van der Waals surface area contributed by atoms with Crippen LogP contribution in [-0.4, -0.2) is 29.4 Å². The fourth-order valence-electron chi connectivity index (χ4n) is 3.09. The van der Waals surface area contributed by atoms with E-state index in [0.29, 0.717) is 0 Å². The number of fused-ring (bicyclic) bond motifs is 1. The smallest absolute Gasteiger partial charge is 0.289 e. The number of hydrogen-bond acceptors (Lipinski definition) is 5. The molecule has 2 N–H and O–H groups in total. The van der Waals surface area contributed by atoms with E-state index in [4.69, 9.17) is 16.3 Å². The lowest BCUT2D eigenvalue weighted by Crippen LogP contribution is -2.30. The maximum atomic E-state index is 13.0. The molecule has 1 aliphatic carbocycles. The second kappa shape index (κ2) is 8.61. The number of carbonyl (C=O) groups excluding carboxylic acids is 2. The number of carbonyl (C=O) groups is 2. The Labute approximate surface area is 182 Å². The number of anilines is 1. The number of nitrogens with one attached hydrogen (secondary N) is 2. The van der Waals surface area contributed by atoms with Crippen molar-refractivity contribution in [1.29, 1.82) is 0 Å². The summed E-state index contributed by atoms with van der Waals surface area (Å²) in [5.74, 6) is -0.541. The lowest BCUT2D eigenvalue weighted by Gasteiger charge is -2.13. The molecule has 8 nitrogen and oxygen atoms in total. The van der Waals surface area contributed by atoms with Crippen LogP contribution in [0.2, 0.25) is 5.02 Å². The Bertz CT molecular complexity index is 1190. The number of benzene rings is 3. The number of amides is 2. The predicted molar refractivity (Wildman–Crippen MR) is 117 cm³/mol. The number of nitro benzene ring substituents is 1. The van der Waals surface area contributed by atoms with Crippen molar-refractivity contribution in [1.82, 2.24) is 5.32 Å². The second-order valence-electron chi connectivity index (χ2n) is 7.20. The van der Waals surface area contributed by atoms with Gasteiger partial charge in [-0.05, 0) is 47.9 Å². The van der Waals surface area contributed by atoms with Crippen LogP contribution in [0.4, 0.5) is 11.4 Å². The van der Waals surface area contributed by atoms with Crippen molar-refractivity contribution in [2.45, 2.75) is 18.9 Å². The van der Waals surface area contributed by atoms with Gasteiger partial charge in [-0.2, -0.15) is 0 Å². The number of nitrogens with zero attached hydrogens (tertiary/aromatic N) is 1. The van der Waals surface area contributed by atoms with E-state index in [0.717, 1.165) is 23.6 Å². The average molecular weight is 440 g/mol. The Kier molecular flexibility index (Phi) is 5.73. The number of halogens is 1. The van der Waals surface area contributed by atoms with Crippen molar-refractivity contribution in [2.24, 2.45) is 0 Å². The summed E-state index contributed by atoms with van der Waals surface area (Å²) in [6.07, 6.45) is 1.92. The van der Waals surface area contributed by atoms with Gasteiger partial charge in [0.15, 0.2) is 6.61 Å². The molecule has 0 aliphatic heterocycles. The lowest BCUT2D eigenvalue weighted by molar-refractivity contribution is -0.384. The van der Waals surface area contributed by atoms with Gasteiger partial charge in [-0.1, -0.05) is 35.9 Å². The quantitative estimate of drug-likeness (QED) is 0.421. The van der Waals surface area contributed by atoms with Crippen LogP contribution >= 0.6 is 11.6 Å². The summed E-state index contributed by atoms with van der Waals surface area (Å²) >= 11 is 5.83. The highest BCUT2D eigenvalue weighted by Gasteiger charge is 2.24. The van der Waals surface area contributed by atoms with Crippen molar-refractivity contribution < 1.29 is 19.2 Å². The minimum absolute atomic E-state index is 0.0283. The number of nitro groups is 1. The third-order valence-corrected chi connectivity index (χ3v) is 5.11. The minimum Gasteiger partial charge on any atom is -0.483 e. The molecule has 1 fully saturated rings. The maximum absolute atomic E-state index is 13.0. The molecular weight excluding hydrogens is 422 g/mol. The third-order valence-electron chi connectivity index (χ3n) is 4.79. The van der Waals surface area contributed by atoms with Crippen LogP contribution in [0.1, 0.15) is 23.2 Å². The van der Waals surface area contributed by atoms with E-state index >= 15 is 0 Å². The van der Waals surface area contributed by atoms with E-state index in [2.05, 4.69) is 10.6 Å². The molecule has 158 valence electrons. The Balaban J connectivity index is 1.61. The first-order valence-corrected chi connectivity index (χ1v) is 9.99. The van der Waals surface area contributed by atoms with Gasteiger partial charge in [0.25, 0.3) is 17.5 Å². The molecule has 0 radical (unpaired) electrons. The summed E-state index contributed by atoms with van der Waals surface area (Å²) in [4.78, 5) is 35.5. The molecule has 9 heteroatoms. The average Bonchev–Trinajstić information content (AvgIpc) is 3.56. The Hall–Kier alpha value is -3.65. The van der Waals surface area contributed by atoms with E-state index in [9.17, 15) is 19.7 Å². The van der Waals surface area contributed by atoms with Crippen molar-refractivity contribution in [3.63, 3.8) is 0 Å². The Morgan fingerprint density at radius 2 is 1.81 bits per heavy atom. The zero-order valence-corrected chi connectivity index (χ0v) is 17.0. The van der Waals surface area contributed by atoms with Gasteiger partial charge >= 0.3 is 0 Å². The first-order chi connectivity index (χ1) is 14.9. The highest BCUT2D eigenvalue weighted by atomic mass is 35.5. The van der Waals surface area contributed by atoms with Crippen LogP contribution in [0.3, 0.4) is 0 Å². The molecule has 0 unspecified atom stereocenters.